The number of hydrogen-bond acceptors (Lipinski definition) is 3. The Hall–Kier alpha value is -0.0900. The van der Waals surface area contributed by atoms with Crippen molar-refractivity contribution >= 4 is 9.84 Å². The molecule has 3 nitrogen and oxygen atoms in total. The summed E-state index contributed by atoms with van der Waals surface area (Å²) in [5, 5.41) is 0. The van der Waals surface area contributed by atoms with Crippen LogP contribution < -0.4 is 5.73 Å². The van der Waals surface area contributed by atoms with E-state index in [-0.39, 0.29) is 5.75 Å². The zero-order chi connectivity index (χ0) is 8.74. The van der Waals surface area contributed by atoms with Crippen LogP contribution in [0.1, 0.15) is 26.2 Å². The third-order valence-corrected chi connectivity index (χ3v) is 3.29. The first kappa shape index (κ1) is 10.9. The minimum Gasteiger partial charge on any atom is -0.330 e. The third kappa shape index (κ3) is 6.31. The fourth-order valence-electron chi connectivity index (χ4n) is 0.770. The fourth-order valence-corrected chi connectivity index (χ4v) is 2.31. The van der Waals surface area contributed by atoms with Crippen LogP contribution in [0.15, 0.2) is 0 Å². The summed E-state index contributed by atoms with van der Waals surface area (Å²) in [6, 6.07) is 0. The van der Waals surface area contributed by atoms with Gasteiger partial charge in [0, 0.05) is 0 Å². The van der Waals surface area contributed by atoms with E-state index < -0.39 is 9.84 Å². The normalized spacial score (nSPS) is 11.8. The van der Waals surface area contributed by atoms with Gasteiger partial charge in [0.15, 0.2) is 0 Å². The van der Waals surface area contributed by atoms with Crippen LogP contribution in [-0.4, -0.2) is 26.5 Å². The molecule has 0 rings (SSSR count). The first-order valence-corrected chi connectivity index (χ1v) is 5.85. The van der Waals surface area contributed by atoms with Crippen molar-refractivity contribution in [1.29, 1.82) is 0 Å². The van der Waals surface area contributed by atoms with Gasteiger partial charge in [-0.25, -0.2) is 8.42 Å². The predicted molar refractivity (Wildman–Crippen MR) is 47.2 cm³/mol. The Morgan fingerprint density at radius 3 is 2.18 bits per heavy atom. The van der Waals surface area contributed by atoms with Gasteiger partial charge in [-0.05, 0) is 19.4 Å². The van der Waals surface area contributed by atoms with Crippen LogP contribution >= 0.6 is 0 Å². The van der Waals surface area contributed by atoms with E-state index in [1.165, 1.54) is 0 Å². The largest absolute Gasteiger partial charge is 0.330 e. The van der Waals surface area contributed by atoms with Crippen LogP contribution in [0.4, 0.5) is 0 Å². The molecule has 0 saturated heterocycles. The Morgan fingerprint density at radius 1 is 1.18 bits per heavy atom. The molecule has 0 heterocycles. The summed E-state index contributed by atoms with van der Waals surface area (Å²) in [4.78, 5) is 0. The van der Waals surface area contributed by atoms with E-state index in [0.717, 1.165) is 12.8 Å². The van der Waals surface area contributed by atoms with E-state index in [1.807, 2.05) is 6.92 Å². The molecule has 2 N–H and O–H groups in total. The highest BCUT2D eigenvalue weighted by atomic mass is 32.2. The molecule has 0 fully saturated rings. The summed E-state index contributed by atoms with van der Waals surface area (Å²) in [6.45, 7) is 2.45. The van der Waals surface area contributed by atoms with Gasteiger partial charge >= 0.3 is 0 Å². The summed E-state index contributed by atoms with van der Waals surface area (Å²) in [6.07, 6.45) is 2.29. The SMILES string of the molecule is CCCCS(=O)(=O)CCCN. The van der Waals surface area contributed by atoms with E-state index in [4.69, 9.17) is 5.73 Å². The molecule has 4 heteroatoms. The average Bonchev–Trinajstić information content (AvgIpc) is 1.97. The van der Waals surface area contributed by atoms with Crippen LogP contribution in [0.3, 0.4) is 0 Å². The lowest BCUT2D eigenvalue weighted by atomic mass is 10.4. The zero-order valence-electron chi connectivity index (χ0n) is 7.04. The first-order chi connectivity index (χ1) is 5.12. The molecule has 0 aromatic carbocycles. The smallest absolute Gasteiger partial charge is 0.150 e. The van der Waals surface area contributed by atoms with Gasteiger partial charge in [0.1, 0.15) is 9.84 Å². The summed E-state index contributed by atoms with van der Waals surface area (Å²) >= 11 is 0. The lowest BCUT2D eigenvalue weighted by Crippen LogP contribution is -2.14. The maximum Gasteiger partial charge on any atom is 0.150 e. The number of nitrogens with two attached hydrogens (primary N) is 1. The van der Waals surface area contributed by atoms with Crippen molar-refractivity contribution in [3.63, 3.8) is 0 Å². The Labute approximate surface area is 68.9 Å². The second-order valence-electron chi connectivity index (χ2n) is 2.65. The number of sulfone groups is 1. The van der Waals surface area contributed by atoms with Crippen molar-refractivity contribution in [3.05, 3.63) is 0 Å². The van der Waals surface area contributed by atoms with Gasteiger partial charge in [-0.1, -0.05) is 13.3 Å². The van der Waals surface area contributed by atoms with Crippen molar-refractivity contribution in [2.45, 2.75) is 26.2 Å². The molecule has 0 aliphatic rings. The van der Waals surface area contributed by atoms with E-state index in [9.17, 15) is 8.42 Å². The fraction of sp³-hybridized carbons (Fsp3) is 1.00. The Balaban J connectivity index is 3.63. The van der Waals surface area contributed by atoms with E-state index in [2.05, 4.69) is 0 Å². The monoisotopic (exact) mass is 179 g/mol. The third-order valence-electron chi connectivity index (χ3n) is 1.47. The van der Waals surface area contributed by atoms with Crippen LogP contribution in [0.25, 0.3) is 0 Å². The standard InChI is InChI=1S/C7H17NO2S/c1-2-3-6-11(9,10)7-4-5-8/h2-8H2,1H3. The first-order valence-electron chi connectivity index (χ1n) is 4.03. The van der Waals surface area contributed by atoms with E-state index in [1.54, 1.807) is 0 Å². The minimum atomic E-state index is -2.79. The van der Waals surface area contributed by atoms with E-state index in [0.29, 0.717) is 18.7 Å². The second kappa shape index (κ2) is 5.55. The highest BCUT2D eigenvalue weighted by Gasteiger charge is 2.07. The summed E-state index contributed by atoms with van der Waals surface area (Å²) in [5.41, 5.74) is 5.20. The van der Waals surface area contributed by atoms with Gasteiger partial charge in [0.25, 0.3) is 0 Å². The molecular formula is C7H17NO2S. The Morgan fingerprint density at radius 2 is 1.73 bits per heavy atom. The maximum absolute atomic E-state index is 11.1. The summed E-state index contributed by atoms with van der Waals surface area (Å²) in [5.74, 6) is 0.576. The van der Waals surface area contributed by atoms with E-state index >= 15 is 0 Å². The van der Waals surface area contributed by atoms with Gasteiger partial charge in [-0.3, -0.25) is 0 Å². The molecule has 0 aliphatic carbocycles. The van der Waals surface area contributed by atoms with Gasteiger partial charge < -0.3 is 5.73 Å². The van der Waals surface area contributed by atoms with Crippen molar-refractivity contribution in [3.8, 4) is 0 Å². The Kier molecular flexibility index (Phi) is 5.50. The maximum atomic E-state index is 11.1. The molecule has 0 aliphatic heterocycles. The molecule has 0 unspecified atom stereocenters. The molecule has 0 aromatic rings. The van der Waals surface area contributed by atoms with Crippen LogP contribution in [0.2, 0.25) is 0 Å². The molecule has 11 heavy (non-hydrogen) atoms. The van der Waals surface area contributed by atoms with Gasteiger partial charge in [-0.15, -0.1) is 0 Å². The molecule has 0 atom stereocenters. The number of rotatable bonds is 6. The molecule has 0 bridgehead atoms. The van der Waals surface area contributed by atoms with Gasteiger partial charge in [0.05, 0.1) is 11.5 Å². The van der Waals surface area contributed by atoms with Crippen LogP contribution in [0, 0.1) is 0 Å². The summed E-state index contributed by atoms with van der Waals surface area (Å²) in [7, 11) is -2.79. The molecule has 68 valence electrons. The van der Waals surface area contributed by atoms with Crippen LogP contribution in [-0.2, 0) is 9.84 Å². The average molecular weight is 179 g/mol. The molecular weight excluding hydrogens is 162 g/mol. The molecule has 0 radical (unpaired) electrons. The number of unbranched alkanes of at least 4 members (excludes halogenated alkanes) is 1. The van der Waals surface area contributed by atoms with Crippen molar-refractivity contribution in [1.82, 2.24) is 0 Å². The number of hydrogen-bond donors (Lipinski definition) is 1. The summed E-state index contributed by atoms with van der Waals surface area (Å²) < 4.78 is 22.2. The van der Waals surface area contributed by atoms with Crippen LogP contribution in [0.5, 0.6) is 0 Å². The lowest BCUT2D eigenvalue weighted by molar-refractivity contribution is 0.590. The van der Waals surface area contributed by atoms with Crippen molar-refractivity contribution < 1.29 is 8.42 Å². The van der Waals surface area contributed by atoms with Gasteiger partial charge in [-0.2, -0.15) is 0 Å². The van der Waals surface area contributed by atoms with Gasteiger partial charge in [0.2, 0.25) is 0 Å². The molecule has 0 spiro atoms. The van der Waals surface area contributed by atoms with Crippen molar-refractivity contribution in [2.75, 3.05) is 18.1 Å². The second-order valence-corrected chi connectivity index (χ2v) is 4.95. The highest BCUT2D eigenvalue weighted by molar-refractivity contribution is 7.91. The zero-order valence-corrected chi connectivity index (χ0v) is 7.86. The minimum absolute atomic E-state index is 0.253. The quantitative estimate of drug-likeness (QED) is 0.647. The van der Waals surface area contributed by atoms with Crippen molar-refractivity contribution in [2.24, 2.45) is 5.73 Å². The Bertz CT molecular complexity index is 161. The topological polar surface area (TPSA) is 60.2 Å². The highest BCUT2D eigenvalue weighted by Crippen LogP contribution is 1.98. The molecule has 0 amide bonds. The molecule has 0 aromatic heterocycles. The molecule has 0 saturated carbocycles. The predicted octanol–water partition coefficient (Wildman–Crippen LogP) is 0.550. The lowest BCUT2D eigenvalue weighted by Gasteiger charge is -2.00.